The van der Waals surface area contributed by atoms with Crippen molar-refractivity contribution in [2.75, 3.05) is 32.7 Å². The van der Waals surface area contributed by atoms with Gasteiger partial charge in [-0.25, -0.2) is 4.39 Å². The lowest BCUT2D eigenvalue weighted by Gasteiger charge is -2.38. The number of benzene rings is 1. The van der Waals surface area contributed by atoms with E-state index in [1.54, 1.807) is 17.0 Å². The van der Waals surface area contributed by atoms with Crippen LogP contribution in [-0.4, -0.2) is 71.1 Å². The molecule has 6 nitrogen and oxygen atoms in total. The lowest BCUT2D eigenvalue weighted by Crippen LogP contribution is -2.50. The molecule has 154 valence electrons. The normalized spacial score (nSPS) is 24.6. The highest BCUT2D eigenvalue weighted by molar-refractivity contribution is 5.94. The summed E-state index contributed by atoms with van der Waals surface area (Å²) in [6.07, 6.45) is 3.57. The zero-order chi connectivity index (χ0) is 20.1. The Morgan fingerprint density at radius 3 is 2.57 bits per heavy atom. The summed E-state index contributed by atoms with van der Waals surface area (Å²) in [6, 6.07) is 6.25. The summed E-state index contributed by atoms with van der Waals surface area (Å²) >= 11 is 0. The molecule has 0 aliphatic carbocycles. The number of halogens is 1. The van der Waals surface area contributed by atoms with E-state index in [9.17, 15) is 19.1 Å². The van der Waals surface area contributed by atoms with Crippen LogP contribution in [0.3, 0.4) is 0 Å². The fourth-order valence-corrected chi connectivity index (χ4v) is 4.28. The third kappa shape index (κ3) is 5.29. The molecule has 0 aromatic heterocycles. The summed E-state index contributed by atoms with van der Waals surface area (Å²) < 4.78 is 13.9. The number of aliphatic hydroxyl groups is 1. The molecule has 2 aliphatic rings. The van der Waals surface area contributed by atoms with Gasteiger partial charge in [-0.05, 0) is 44.2 Å². The fourth-order valence-electron chi connectivity index (χ4n) is 4.28. The van der Waals surface area contributed by atoms with Crippen molar-refractivity contribution >= 4 is 11.8 Å². The molecule has 2 heterocycles. The van der Waals surface area contributed by atoms with Gasteiger partial charge in [-0.2, -0.15) is 0 Å². The van der Waals surface area contributed by atoms with Gasteiger partial charge < -0.3 is 20.2 Å². The largest absolute Gasteiger partial charge is 0.388 e. The highest BCUT2D eigenvalue weighted by atomic mass is 19.1. The van der Waals surface area contributed by atoms with Crippen molar-refractivity contribution in [2.45, 2.75) is 50.7 Å². The van der Waals surface area contributed by atoms with E-state index >= 15 is 0 Å². The number of carbonyl (C=O) groups excluding carboxylic acids is 2. The van der Waals surface area contributed by atoms with Crippen LogP contribution in [-0.2, 0) is 4.79 Å². The minimum Gasteiger partial charge on any atom is -0.388 e. The van der Waals surface area contributed by atoms with Gasteiger partial charge in [0.05, 0.1) is 11.2 Å². The van der Waals surface area contributed by atoms with Crippen LogP contribution >= 0.6 is 0 Å². The van der Waals surface area contributed by atoms with E-state index in [4.69, 9.17) is 0 Å². The standard InChI is InChI=1S/C21H30FN3O3/c1-16(26)23-17-7-12-24(13-8-17)15-21(28)9-4-11-25(14-10-21)20(27)18-5-2-3-6-19(18)22/h2-3,5-6,17,28H,4,7-15H2,1H3,(H,23,26). The Hall–Kier alpha value is -1.99. The number of carbonyl (C=O) groups is 2. The minimum atomic E-state index is -0.842. The maximum Gasteiger partial charge on any atom is 0.256 e. The van der Waals surface area contributed by atoms with E-state index < -0.39 is 11.4 Å². The first-order valence-corrected chi connectivity index (χ1v) is 10.1. The van der Waals surface area contributed by atoms with Crippen molar-refractivity contribution in [3.63, 3.8) is 0 Å². The van der Waals surface area contributed by atoms with Crippen LogP contribution in [0.2, 0.25) is 0 Å². The third-order valence-corrected chi connectivity index (χ3v) is 5.82. The summed E-state index contributed by atoms with van der Waals surface area (Å²) in [5.74, 6) is -0.812. The summed E-state index contributed by atoms with van der Waals surface area (Å²) in [6.45, 7) is 4.73. The molecule has 0 saturated carbocycles. The lowest BCUT2D eigenvalue weighted by molar-refractivity contribution is -0.120. The van der Waals surface area contributed by atoms with Crippen LogP contribution in [0, 0.1) is 5.82 Å². The van der Waals surface area contributed by atoms with E-state index in [1.807, 2.05) is 0 Å². The quantitative estimate of drug-likeness (QED) is 0.821. The van der Waals surface area contributed by atoms with Crippen LogP contribution < -0.4 is 5.32 Å². The molecule has 1 aromatic carbocycles. The van der Waals surface area contributed by atoms with Crippen molar-refractivity contribution in [3.8, 4) is 0 Å². The van der Waals surface area contributed by atoms with Gasteiger partial charge in [0, 0.05) is 45.7 Å². The molecule has 1 atom stereocenters. The van der Waals surface area contributed by atoms with Gasteiger partial charge in [0.1, 0.15) is 5.82 Å². The zero-order valence-corrected chi connectivity index (χ0v) is 16.5. The molecule has 2 saturated heterocycles. The molecular weight excluding hydrogens is 361 g/mol. The van der Waals surface area contributed by atoms with Crippen molar-refractivity contribution in [3.05, 3.63) is 35.6 Å². The third-order valence-electron chi connectivity index (χ3n) is 5.82. The van der Waals surface area contributed by atoms with E-state index in [-0.39, 0.29) is 23.4 Å². The zero-order valence-electron chi connectivity index (χ0n) is 16.5. The first kappa shape index (κ1) is 20.7. The highest BCUT2D eigenvalue weighted by Gasteiger charge is 2.35. The molecular formula is C21H30FN3O3. The predicted octanol–water partition coefficient (Wildman–Crippen LogP) is 1.78. The SMILES string of the molecule is CC(=O)NC1CCN(CC2(O)CCCN(C(=O)c3ccccc3F)CC2)CC1. The molecule has 0 bridgehead atoms. The lowest BCUT2D eigenvalue weighted by atomic mass is 9.93. The molecule has 2 aliphatic heterocycles. The van der Waals surface area contributed by atoms with Gasteiger partial charge in [0.2, 0.25) is 5.91 Å². The summed E-state index contributed by atoms with van der Waals surface area (Å²) in [7, 11) is 0. The number of rotatable bonds is 4. The topological polar surface area (TPSA) is 72.9 Å². The number of likely N-dealkylation sites (tertiary alicyclic amines) is 2. The second-order valence-corrected chi connectivity index (χ2v) is 8.10. The number of piperidine rings is 1. The highest BCUT2D eigenvalue weighted by Crippen LogP contribution is 2.26. The van der Waals surface area contributed by atoms with Gasteiger partial charge in [0.15, 0.2) is 0 Å². The van der Waals surface area contributed by atoms with Crippen LogP contribution in [0.5, 0.6) is 0 Å². The van der Waals surface area contributed by atoms with Crippen molar-refractivity contribution in [1.82, 2.24) is 15.1 Å². The van der Waals surface area contributed by atoms with Gasteiger partial charge in [-0.3, -0.25) is 9.59 Å². The van der Waals surface area contributed by atoms with Crippen molar-refractivity contribution < 1.29 is 19.1 Å². The Morgan fingerprint density at radius 1 is 1.18 bits per heavy atom. The van der Waals surface area contributed by atoms with Gasteiger partial charge in [-0.15, -0.1) is 0 Å². The Labute approximate surface area is 165 Å². The number of nitrogens with one attached hydrogen (secondary N) is 1. The number of hydrogen-bond acceptors (Lipinski definition) is 4. The Balaban J connectivity index is 1.53. The van der Waals surface area contributed by atoms with Crippen LogP contribution in [0.15, 0.2) is 24.3 Å². The summed E-state index contributed by atoms with van der Waals surface area (Å²) in [5, 5.41) is 14.1. The molecule has 28 heavy (non-hydrogen) atoms. The van der Waals surface area contributed by atoms with Gasteiger partial charge >= 0.3 is 0 Å². The molecule has 1 unspecified atom stereocenters. The summed E-state index contributed by atoms with van der Waals surface area (Å²) in [4.78, 5) is 27.7. The predicted molar refractivity (Wildman–Crippen MR) is 104 cm³/mol. The Morgan fingerprint density at radius 2 is 1.89 bits per heavy atom. The monoisotopic (exact) mass is 391 g/mol. The Kier molecular flexibility index (Phi) is 6.67. The van der Waals surface area contributed by atoms with E-state index in [0.717, 1.165) is 25.9 Å². The molecule has 2 N–H and O–H groups in total. The average molecular weight is 391 g/mol. The molecule has 7 heteroatoms. The molecule has 1 aromatic rings. The van der Waals surface area contributed by atoms with Crippen LogP contribution in [0.1, 0.15) is 49.4 Å². The van der Waals surface area contributed by atoms with E-state index in [2.05, 4.69) is 10.2 Å². The number of nitrogens with zero attached hydrogens (tertiary/aromatic N) is 2. The minimum absolute atomic E-state index is 0.000424. The van der Waals surface area contributed by atoms with Crippen molar-refractivity contribution in [1.29, 1.82) is 0 Å². The molecule has 2 fully saturated rings. The fraction of sp³-hybridized carbons (Fsp3) is 0.619. The number of amides is 2. The van der Waals surface area contributed by atoms with Crippen LogP contribution in [0.25, 0.3) is 0 Å². The van der Waals surface area contributed by atoms with Crippen LogP contribution in [0.4, 0.5) is 4.39 Å². The van der Waals surface area contributed by atoms with E-state index in [1.165, 1.54) is 19.1 Å². The number of hydrogen-bond donors (Lipinski definition) is 2. The van der Waals surface area contributed by atoms with Gasteiger partial charge in [-0.1, -0.05) is 12.1 Å². The maximum absolute atomic E-state index is 13.9. The second kappa shape index (κ2) is 9.01. The van der Waals surface area contributed by atoms with Gasteiger partial charge in [0.25, 0.3) is 5.91 Å². The molecule has 3 rings (SSSR count). The summed E-state index contributed by atoms with van der Waals surface area (Å²) in [5.41, 5.74) is -0.751. The molecule has 0 radical (unpaired) electrons. The average Bonchev–Trinajstić information content (AvgIpc) is 2.85. The van der Waals surface area contributed by atoms with Crippen molar-refractivity contribution in [2.24, 2.45) is 0 Å². The maximum atomic E-state index is 13.9. The Bertz CT molecular complexity index is 706. The van der Waals surface area contributed by atoms with E-state index in [0.29, 0.717) is 38.9 Å². The first-order chi connectivity index (χ1) is 13.4. The smallest absolute Gasteiger partial charge is 0.256 e. The first-order valence-electron chi connectivity index (χ1n) is 10.1. The molecule has 2 amide bonds. The second-order valence-electron chi connectivity index (χ2n) is 8.10. The molecule has 0 spiro atoms. The number of β-amino-alcohol motifs (C(OH)–C–C–N with tert-alkyl or cyclic N) is 1.